The Balaban J connectivity index is 1.47. The number of carbonyl (C=O) groups excluding carboxylic acids is 1. The summed E-state index contributed by atoms with van der Waals surface area (Å²) in [6, 6.07) is 10.4. The third-order valence-electron chi connectivity index (χ3n) is 5.36. The normalized spacial score (nSPS) is 29.4. The second-order valence-electron chi connectivity index (χ2n) is 7.05. The Morgan fingerprint density at radius 1 is 0.875 bits per heavy atom. The zero-order valence-electron chi connectivity index (χ0n) is 14.5. The van der Waals surface area contributed by atoms with Crippen molar-refractivity contribution in [2.24, 2.45) is 17.8 Å². The third-order valence-corrected chi connectivity index (χ3v) is 5.36. The van der Waals surface area contributed by atoms with Crippen LogP contribution in [0.5, 0.6) is 0 Å². The third kappa shape index (κ3) is 4.83. The summed E-state index contributed by atoms with van der Waals surface area (Å²) in [4.78, 5) is 12.5. The average molecular weight is 323 g/mol. The highest BCUT2D eigenvalue weighted by Crippen LogP contribution is 2.52. The van der Waals surface area contributed by atoms with Gasteiger partial charge in [-0.05, 0) is 62.3 Å². The summed E-state index contributed by atoms with van der Waals surface area (Å²) in [5.74, 6) is 1.73. The lowest BCUT2D eigenvalue weighted by molar-refractivity contribution is -0.122. The van der Waals surface area contributed by atoms with Gasteiger partial charge in [-0.25, -0.2) is 0 Å². The van der Waals surface area contributed by atoms with Crippen molar-refractivity contribution >= 4 is 5.91 Å². The van der Waals surface area contributed by atoms with Gasteiger partial charge in [0.25, 0.3) is 0 Å². The van der Waals surface area contributed by atoms with Crippen LogP contribution in [-0.2, 0) is 11.2 Å². The molecule has 24 heavy (non-hydrogen) atoms. The smallest absolute Gasteiger partial charge is 0.223 e. The molecule has 1 amide bonds. The van der Waals surface area contributed by atoms with E-state index in [-0.39, 0.29) is 11.8 Å². The number of amides is 1. The van der Waals surface area contributed by atoms with E-state index >= 15 is 0 Å². The minimum atomic E-state index is 0.253. The van der Waals surface area contributed by atoms with Gasteiger partial charge in [0.2, 0.25) is 5.91 Å². The Bertz CT molecular complexity index is 551. The number of rotatable bonds is 4. The Hall–Kier alpha value is -1.83. The number of hydrogen-bond donors (Lipinski definition) is 1. The van der Waals surface area contributed by atoms with Gasteiger partial charge in [0.15, 0.2) is 0 Å². The Labute approximate surface area is 146 Å². The zero-order valence-corrected chi connectivity index (χ0v) is 14.5. The van der Waals surface area contributed by atoms with Crippen molar-refractivity contribution in [1.29, 1.82) is 0 Å². The van der Waals surface area contributed by atoms with Gasteiger partial charge in [0.1, 0.15) is 0 Å². The number of benzene rings is 1. The highest BCUT2D eigenvalue weighted by atomic mass is 16.2. The summed E-state index contributed by atoms with van der Waals surface area (Å²) in [5, 5.41) is 3.17. The van der Waals surface area contributed by atoms with Crippen molar-refractivity contribution in [3.8, 4) is 0 Å². The van der Waals surface area contributed by atoms with Gasteiger partial charge in [-0.3, -0.25) is 4.79 Å². The average Bonchev–Trinajstić information content (AvgIpc) is 3.28. The second kappa shape index (κ2) is 8.86. The van der Waals surface area contributed by atoms with Crippen LogP contribution >= 0.6 is 0 Å². The van der Waals surface area contributed by atoms with Crippen molar-refractivity contribution in [2.45, 2.75) is 44.9 Å². The maximum absolute atomic E-state index is 12.5. The van der Waals surface area contributed by atoms with E-state index in [9.17, 15) is 4.79 Å². The molecule has 128 valence electrons. The topological polar surface area (TPSA) is 29.1 Å². The lowest BCUT2D eigenvalue weighted by Gasteiger charge is -2.05. The SMILES string of the molecule is O=C(NCCc1ccccc1)C1[C@H]2CC/C=C\CC/C=C/CC[C@@H]12. The summed E-state index contributed by atoms with van der Waals surface area (Å²) < 4.78 is 0. The van der Waals surface area contributed by atoms with Gasteiger partial charge in [-0.1, -0.05) is 54.6 Å². The van der Waals surface area contributed by atoms with Crippen LogP contribution in [0.4, 0.5) is 0 Å². The van der Waals surface area contributed by atoms with Crippen LogP contribution in [0.3, 0.4) is 0 Å². The molecule has 0 bridgehead atoms. The molecule has 1 aromatic rings. The molecule has 2 aliphatic rings. The van der Waals surface area contributed by atoms with Gasteiger partial charge >= 0.3 is 0 Å². The maximum atomic E-state index is 12.5. The molecule has 0 aliphatic heterocycles. The molecule has 2 aliphatic carbocycles. The van der Waals surface area contributed by atoms with Crippen LogP contribution in [-0.4, -0.2) is 12.5 Å². The molecular formula is C22H29NO. The molecule has 2 heteroatoms. The Morgan fingerprint density at radius 3 is 2.08 bits per heavy atom. The van der Waals surface area contributed by atoms with Crippen molar-refractivity contribution in [1.82, 2.24) is 5.32 Å². The first-order chi connectivity index (χ1) is 11.9. The number of fused-ring (bicyclic) bond motifs is 1. The lowest BCUT2D eigenvalue weighted by Crippen LogP contribution is -2.28. The standard InChI is InChI=1S/C22H29NO/c24-22(23-17-16-18-12-8-7-9-13-18)21-19-14-10-5-3-1-2-4-6-11-15-20(19)21/h3-9,12-13,19-21H,1-2,10-11,14-17H2,(H,23,24)/b5-3-,6-4+/t19-,20+,21?/m0/s1. The fourth-order valence-corrected chi connectivity index (χ4v) is 3.95. The summed E-state index contributed by atoms with van der Waals surface area (Å²) >= 11 is 0. The number of carbonyl (C=O) groups is 1. The molecule has 0 heterocycles. The Morgan fingerprint density at radius 2 is 1.46 bits per heavy atom. The lowest BCUT2D eigenvalue weighted by atomic mass is 10.1. The quantitative estimate of drug-likeness (QED) is 0.801. The summed E-state index contributed by atoms with van der Waals surface area (Å²) in [7, 11) is 0. The van der Waals surface area contributed by atoms with Crippen LogP contribution in [0.1, 0.15) is 44.1 Å². The van der Waals surface area contributed by atoms with E-state index < -0.39 is 0 Å². The molecule has 1 unspecified atom stereocenters. The molecule has 1 saturated carbocycles. The minimum Gasteiger partial charge on any atom is -0.356 e. The number of allylic oxidation sites excluding steroid dienone is 4. The monoisotopic (exact) mass is 323 g/mol. The predicted octanol–water partition coefficient (Wildman–Crippen LogP) is 4.67. The van der Waals surface area contributed by atoms with Crippen LogP contribution in [0, 0.1) is 17.8 Å². The van der Waals surface area contributed by atoms with E-state index in [0.717, 1.165) is 38.6 Å². The van der Waals surface area contributed by atoms with Crippen molar-refractivity contribution < 1.29 is 4.79 Å². The van der Waals surface area contributed by atoms with Gasteiger partial charge in [-0.15, -0.1) is 0 Å². The van der Waals surface area contributed by atoms with Crippen LogP contribution in [0.25, 0.3) is 0 Å². The molecule has 1 fully saturated rings. The molecular weight excluding hydrogens is 294 g/mol. The first kappa shape index (κ1) is 17.0. The van der Waals surface area contributed by atoms with Gasteiger partial charge in [-0.2, -0.15) is 0 Å². The van der Waals surface area contributed by atoms with E-state index in [4.69, 9.17) is 0 Å². The van der Waals surface area contributed by atoms with E-state index in [1.165, 1.54) is 18.4 Å². The Kier molecular flexibility index (Phi) is 6.28. The highest BCUT2D eigenvalue weighted by Gasteiger charge is 2.52. The molecule has 0 aromatic heterocycles. The number of hydrogen-bond acceptors (Lipinski definition) is 1. The van der Waals surface area contributed by atoms with Crippen molar-refractivity contribution in [2.75, 3.05) is 6.54 Å². The first-order valence-corrected chi connectivity index (χ1v) is 9.48. The zero-order chi connectivity index (χ0) is 16.6. The van der Waals surface area contributed by atoms with E-state index in [1.807, 2.05) is 6.07 Å². The van der Waals surface area contributed by atoms with E-state index in [1.54, 1.807) is 0 Å². The molecule has 0 spiro atoms. The maximum Gasteiger partial charge on any atom is 0.223 e. The molecule has 1 aromatic carbocycles. The van der Waals surface area contributed by atoms with E-state index in [2.05, 4.69) is 53.9 Å². The molecule has 2 nitrogen and oxygen atoms in total. The summed E-state index contributed by atoms with van der Waals surface area (Å²) in [6.45, 7) is 0.749. The highest BCUT2D eigenvalue weighted by molar-refractivity contribution is 5.82. The predicted molar refractivity (Wildman–Crippen MR) is 99.6 cm³/mol. The molecule has 3 rings (SSSR count). The second-order valence-corrected chi connectivity index (χ2v) is 7.05. The number of nitrogens with one attached hydrogen (secondary N) is 1. The van der Waals surface area contributed by atoms with Gasteiger partial charge < -0.3 is 5.32 Å². The summed E-state index contributed by atoms with van der Waals surface area (Å²) in [5.41, 5.74) is 1.29. The van der Waals surface area contributed by atoms with Crippen molar-refractivity contribution in [3.63, 3.8) is 0 Å². The molecule has 1 N–H and O–H groups in total. The first-order valence-electron chi connectivity index (χ1n) is 9.48. The molecule has 0 radical (unpaired) electrons. The largest absolute Gasteiger partial charge is 0.356 e. The summed E-state index contributed by atoms with van der Waals surface area (Å²) in [6.07, 6.45) is 17.0. The molecule has 3 atom stereocenters. The fourth-order valence-electron chi connectivity index (χ4n) is 3.95. The van der Waals surface area contributed by atoms with Gasteiger partial charge in [0, 0.05) is 12.5 Å². The fraction of sp³-hybridized carbons (Fsp3) is 0.500. The van der Waals surface area contributed by atoms with Crippen LogP contribution < -0.4 is 5.32 Å². The van der Waals surface area contributed by atoms with Crippen LogP contribution in [0.15, 0.2) is 54.6 Å². The molecule has 0 saturated heterocycles. The van der Waals surface area contributed by atoms with Gasteiger partial charge in [0.05, 0.1) is 0 Å². The van der Waals surface area contributed by atoms with E-state index in [0.29, 0.717) is 11.8 Å². The minimum absolute atomic E-state index is 0.253. The van der Waals surface area contributed by atoms with Crippen LogP contribution in [0.2, 0.25) is 0 Å². The van der Waals surface area contributed by atoms with Crippen molar-refractivity contribution in [3.05, 3.63) is 60.2 Å².